The van der Waals surface area contributed by atoms with Crippen LogP contribution in [0.25, 0.3) is 22.3 Å². The van der Waals surface area contributed by atoms with Gasteiger partial charge in [-0.3, -0.25) is 9.78 Å². The van der Waals surface area contributed by atoms with Gasteiger partial charge in [0, 0.05) is 29.8 Å². The summed E-state index contributed by atoms with van der Waals surface area (Å²) in [6.07, 6.45) is 7.86. The van der Waals surface area contributed by atoms with E-state index in [0.29, 0.717) is 28.4 Å². The Labute approximate surface area is 209 Å². The van der Waals surface area contributed by atoms with Crippen molar-refractivity contribution in [1.29, 1.82) is 0 Å². The second kappa shape index (κ2) is 9.33. The van der Waals surface area contributed by atoms with Crippen LogP contribution in [0.15, 0.2) is 30.5 Å². The molecular weight excluding hydrogens is 471 g/mol. The van der Waals surface area contributed by atoms with Crippen LogP contribution in [0.2, 0.25) is 10.0 Å². The van der Waals surface area contributed by atoms with E-state index in [1.54, 1.807) is 18.3 Å². The lowest BCUT2D eigenvalue weighted by Gasteiger charge is -2.33. The van der Waals surface area contributed by atoms with Crippen LogP contribution in [0.1, 0.15) is 48.9 Å². The molecule has 0 saturated heterocycles. The number of nitrogens with zero attached hydrogens (tertiary/aromatic N) is 3. The number of rotatable bonds is 6. The first kappa shape index (κ1) is 23.3. The third-order valence-electron chi connectivity index (χ3n) is 7.01. The molecule has 2 fully saturated rings. The number of ketones is 1. The highest BCUT2D eigenvalue weighted by molar-refractivity contribution is 6.37. The minimum absolute atomic E-state index is 0.0853. The Bertz CT molecular complexity index is 1230. The Morgan fingerprint density at radius 1 is 1.06 bits per heavy atom. The number of nitrogens with one attached hydrogen (secondary N) is 1. The van der Waals surface area contributed by atoms with E-state index in [-0.39, 0.29) is 33.5 Å². The molecular formula is C26H28Cl2N4O2. The third kappa shape index (κ3) is 4.59. The summed E-state index contributed by atoms with van der Waals surface area (Å²) < 4.78 is 0. The minimum Gasteiger partial charge on any atom is -0.505 e. The van der Waals surface area contributed by atoms with E-state index < -0.39 is 0 Å². The van der Waals surface area contributed by atoms with Crippen LogP contribution >= 0.6 is 23.2 Å². The topological polar surface area (TPSA) is 78.4 Å². The van der Waals surface area contributed by atoms with Gasteiger partial charge in [0.15, 0.2) is 11.5 Å². The second-order valence-electron chi connectivity index (χ2n) is 9.65. The molecule has 2 N–H and O–H groups in total. The molecule has 6 nitrogen and oxygen atoms in total. The minimum atomic E-state index is -0.150. The van der Waals surface area contributed by atoms with Crippen molar-refractivity contribution in [2.75, 3.05) is 19.4 Å². The fourth-order valence-corrected chi connectivity index (χ4v) is 5.27. The van der Waals surface area contributed by atoms with Gasteiger partial charge in [0.2, 0.25) is 0 Å². The largest absolute Gasteiger partial charge is 0.505 e. The summed E-state index contributed by atoms with van der Waals surface area (Å²) in [5.74, 6) is 0.0755. The molecule has 0 aliphatic heterocycles. The van der Waals surface area contributed by atoms with E-state index in [1.165, 1.54) is 0 Å². The van der Waals surface area contributed by atoms with Crippen LogP contribution in [-0.4, -0.2) is 51.9 Å². The lowest BCUT2D eigenvalue weighted by atomic mass is 9.90. The maximum Gasteiger partial charge on any atom is 0.169 e. The first-order valence-electron chi connectivity index (χ1n) is 11.8. The van der Waals surface area contributed by atoms with Crippen molar-refractivity contribution < 1.29 is 9.90 Å². The fraction of sp³-hybridized carbons (Fsp3) is 0.423. The number of carbonyl (C=O) groups is 1. The summed E-state index contributed by atoms with van der Waals surface area (Å²) in [5, 5.41) is 14.0. The molecule has 0 amide bonds. The Kier molecular flexibility index (Phi) is 6.40. The van der Waals surface area contributed by atoms with Crippen LogP contribution in [0.3, 0.4) is 0 Å². The van der Waals surface area contributed by atoms with Crippen molar-refractivity contribution in [2.45, 2.75) is 50.6 Å². The number of Topliss-reactive ketones (excluding diaryl/α,β-unsaturated/α-hetero) is 1. The highest BCUT2D eigenvalue weighted by Gasteiger charge is 2.33. The zero-order valence-corrected chi connectivity index (χ0v) is 20.8. The van der Waals surface area contributed by atoms with Crippen molar-refractivity contribution in [3.05, 3.63) is 46.1 Å². The van der Waals surface area contributed by atoms with Crippen LogP contribution in [0.5, 0.6) is 5.75 Å². The fourth-order valence-electron chi connectivity index (χ4n) is 4.78. The maximum absolute atomic E-state index is 13.2. The highest BCUT2D eigenvalue weighted by Crippen LogP contribution is 2.39. The molecule has 0 spiro atoms. The van der Waals surface area contributed by atoms with Gasteiger partial charge in [0.25, 0.3) is 0 Å². The summed E-state index contributed by atoms with van der Waals surface area (Å²) in [6.45, 7) is 0. The summed E-state index contributed by atoms with van der Waals surface area (Å²) in [4.78, 5) is 24.9. The molecule has 2 aliphatic carbocycles. The number of anilines is 1. The van der Waals surface area contributed by atoms with Crippen LogP contribution < -0.4 is 5.32 Å². The van der Waals surface area contributed by atoms with Crippen LogP contribution in [0, 0.1) is 5.92 Å². The number of hydrogen-bond donors (Lipinski definition) is 2. The summed E-state index contributed by atoms with van der Waals surface area (Å²) in [6, 6.07) is 7.89. The number of aromatic hydroxyl groups is 1. The van der Waals surface area contributed by atoms with E-state index >= 15 is 0 Å². The molecule has 2 aromatic heterocycles. The normalized spacial score (nSPS) is 20.6. The molecule has 0 bridgehead atoms. The van der Waals surface area contributed by atoms with Gasteiger partial charge < -0.3 is 15.3 Å². The molecule has 2 saturated carbocycles. The van der Waals surface area contributed by atoms with Crippen LogP contribution in [-0.2, 0) is 0 Å². The zero-order valence-electron chi connectivity index (χ0n) is 19.3. The average molecular weight is 499 g/mol. The molecule has 2 aliphatic rings. The standard InChI is InChI=1S/C26H28Cl2N4O2/c1-32(2)17-7-5-16(6-8-17)30-23-18(25(33)14-3-4-14)13-29-22-10-9-21(31-24(22)23)15-11-19(27)26(34)20(28)12-15/h9-14,16-17,34H,3-8H2,1-2H3,(H,29,30). The Morgan fingerprint density at radius 3 is 2.35 bits per heavy atom. The van der Waals surface area contributed by atoms with Crippen LogP contribution in [0.4, 0.5) is 5.69 Å². The number of phenols is 1. The molecule has 0 unspecified atom stereocenters. The van der Waals surface area contributed by atoms with E-state index in [4.69, 9.17) is 28.2 Å². The maximum atomic E-state index is 13.2. The number of hydrogen-bond acceptors (Lipinski definition) is 6. The SMILES string of the molecule is CN(C)C1CCC(Nc2c(C(=O)C3CC3)cnc3ccc(-c4cc(Cl)c(O)c(Cl)c4)nc23)CC1. The van der Waals surface area contributed by atoms with Crippen molar-refractivity contribution in [3.8, 4) is 17.0 Å². The monoisotopic (exact) mass is 498 g/mol. The molecule has 0 atom stereocenters. The van der Waals surface area contributed by atoms with E-state index in [2.05, 4.69) is 29.3 Å². The van der Waals surface area contributed by atoms with Gasteiger partial charge in [-0.25, -0.2) is 4.98 Å². The lowest BCUT2D eigenvalue weighted by Crippen LogP contribution is -2.36. The van der Waals surface area contributed by atoms with Gasteiger partial charge in [-0.15, -0.1) is 0 Å². The zero-order chi connectivity index (χ0) is 24.0. The number of fused-ring (bicyclic) bond motifs is 1. The summed E-state index contributed by atoms with van der Waals surface area (Å²) in [5.41, 5.74) is 4.11. The van der Waals surface area contributed by atoms with E-state index in [9.17, 15) is 9.90 Å². The molecule has 34 heavy (non-hydrogen) atoms. The predicted molar refractivity (Wildman–Crippen MR) is 137 cm³/mol. The second-order valence-corrected chi connectivity index (χ2v) is 10.5. The highest BCUT2D eigenvalue weighted by atomic mass is 35.5. The number of pyridine rings is 2. The lowest BCUT2D eigenvalue weighted by molar-refractivity contribution is 0.0968. The van der Waals surface area contributed by atoms with Gasteiger partial charge in [-0.1, -0.05) is 23.2 Å². The first-order chi connectivity index (χ1) is 16.3. The number of aromatic nitrogens is 2. The summed E-state index contributed by atoms with van der Waals surface area (Å²) in [7, 11) is 4.27. The molecule has 3 aromatic rings. The van der Waals surface area contributed by atoms with Gasteiger partial charge in [-0.05, 0) is 76.9 Å². The molecule has 2 heterocycles. The van der Waals surface area contributed by atoms with E-state index in [1.807, 2.05) is 12.1 Å². The number of benzene rings is 1. The number of carbonyl (C=O) groups excluding carboxylic acids is 1. The van der Waals surface area contributed by atoms with Crippen molar-refractivity contribution in [3.63, 3.8) is 0 Å². The van der Waals surface area contributed by atoms with Gasteiger partial charge in [0.1, 0.15) is 5.52 Å². The Hall–Kier alpha value is -2.41. The molecule has 1 aromatic carbocycles. The Morgan fingerprint density at radius 2 is 1.74 bits per heavy atom. The van der Waals surface area contributed by atoms with Gasteiger partial charge in [0.05, 0.1) is 32.5 Å². The molecule has 8 heteroatoms. The molecule has 178 valence electrons. The third-order valence-corrected chi connectivity index (χ3v) is 7.59. The smallest absolute Gasteiger partial charge is 0.169 e. The number of halogens is 2. The first-order valence-corrected chi connectivity index (χ1v) is 12.5. The van der Waals surface area contributed by atoms with Crippen molar-refractivity contribution in [1.82, 2.24) is 14.9 Å². The Balaban J connectivity index is 1.56. The summed E-state index contributed by atoms with van der Waals surface area (Å²) >= 11 is 12.3. The number of phenolic OH excluding ortho intramolecular Hbond substituents is 1. The van der Waals surface area contributed by atoms with Gasteiger partial charge in [-0.2, -0.15) is 0 Å². The predicted octanol–water partition coefficient (Wildman–Crippen LogP) is 6.19. The van der Waals surface area contributed by atoms with E-state index in [0.717, 1.165) is 49.7 Å². The quantitative estimate of drug-likeness (QED) is 0.394. The molecule has 5 rings (SSSR count). The average Bonchev–Trinajstić information content (AvgIpc) is 3.67. The van der Waals surface area contributed by atoms with Gasteiger partial charge >= 0.3 is 0 Å². The van der Waals surface area contributed by atoms with Crippen molar-refractivity contribution in [2.24, 2.45) is 5.92 Å². The molecule has 0 radical (unpaired) electrons. The van der Waals surface area contributed by atoms with Crippen molar-refractivity contribution >= 4 is 45.7 Å².